The predicted octanol–water partition coefficient (Wildman–Crippen LogP) is 1.65. The maximum Gasteiger partial charge on any atom is 0.507 e. The average Bonchev–Trinajstić information content (AvgIpc) is 2.23. The van der Waals surface area contributed by atoms with E-state index in [1.54, 1.807) is 0 Å². The third-order valence-corrected chi connectivity index (χ3v) is 3.50. The molecule has 0 unspecified atom stereocenters. The van der Waals surface area contributed by atoms with Gasteiger partial charge in [-0.1, -0.05) is 0 Å². The Hall–Kier alpha value is -0.580. The van der Waals surface area contributed by atoms with Gasteiger partial charge in [-0.2, -0.15) is 0 Å². The molecule has 0 aromatic rings. The molecule has 84 valence electrons. The summed E-state index contributed by atoms with van der Waals surface area (Å²) in [5.41, 5.74) is 0. The van der Waals surface area contributed by atoms with E-state index in [2.05, 4.69) is 18.5 Å². The molecule has 0 radical (unpaired) electrons. The Morgan fingerprint density at radius 2 is 1.79 bits per heavy atom. The molecule has 0 aliphatic heterocycles. The number of hydrogen-bond donors (Lipinski definition) is 0. The maximum absolute atomic E-state index is 11.4. The SMILES string of the molecule is COC(=O)OCCCP(=O)(OC)OC. The molecule has 0 amide bonds. The second-order valence-corrected chi connectivity index (χ2v) is 4.76. The standard InChI is InChI=1S/C7H15O6P/c1-10-7(8)13-5-4-6-14(9,11-2)12-3/h4-6H2,1-3H3. The summed E-state index contributed by atoms with van der Waals surface area (Å²) in [5, 5.41) is 0. The van der Waals surface area contributed by atoms with Gasteiger partial charge in [-0.15, -0.1) is 0 Å². The van der Waals surface area contributed by atoms with Crippen LogP contribution in [0, 0.1) is 0 Å². The van der Waals surface area contributed by atoms with E-state index in [0.717, 1.165) is 0 Å². The molecule has 14 heavy (non-hydrogen) atoms. The Balaban J connectivity index is 3.63. The van der Waals surface area contributed by atoms with Crippen LogP contribution in [0.3, 0.4) is 0 Å². The minimum absolute atomic E-state index is 0.128. The first kappa shape index (κ1) is 13.4. The zero-order valence-corrected chi connectivity index (χ0v) is 9.41. The van der Waals surface area contributed by atoms with Crippen LogP contribution >= 0.6 is 7.60 Å². The Morgan fingerprint density at radius 3 is 2.21 bits per heavy atom. The molecule has 0 saturated heterocycles. The Kier molecular flexibility index (Phi) is 6.53. The Bertz CT molecular complexity index is 208. The topological polar surface area (TPSA) is 71.1 Å². The van der Waals surface area contributed by atoms with Crippen LogP contribution in [0.15, 0.2) is 0 Å². The summed E-state index contributed by atoms with van der Waals surface area (Å²) < 4.78 is 29.6. The Labute approximate surface area is 83.0 Å². The smallest absolute Gasteiger partial charge is 0.438 e. The number of ether oxygens (including phenoxy) is 2. The fourth-order valence-corrected chi connectivity index (χ4v) is 1.76. The third kappa shape index (κ3) is 5.21. The molecule has 7 heteroatoms. The number of rotatable bonds is 6. The van der Waals surface area contributed by atoms with Gasteiger partial charge in [-0.3, -0.25) is 4.57 Å². The molecule has 0 aliphatic carbocycles. The van der Waals surface area contributed by atoms with E-state index in [9.17, 15) is 9.36 Å². The summed E-state index contributed by atoms with van der Waals surface area (Å²) in [6.45, 7) is 0.128. The van der Waals surface area contributed by atoms with Crippen molar-refractivity contribution < 1.29 is 27.9 Å². The molecular formula is C7H15O6P. The van der Waals surface area contributed by atoms with Crippen molar-refractivity contribution in [3.8, 4) is 0 Å². The lowest BCUT2D eigenvalue weighted by molar-refractivity contribution is 0.0725. The monoisotopic (exact) mass is 226 g/mol. The zero-order chi connectivity index (χ0) is 11.0. The molecule has 0 N–H and O–H groups in total. The molecule has 0 aromatic heterocycles. The first-order valence-electron chi connectivity index (χ1n) is 3.99. The molecule has 0 atom stereocenters. The fourth-order valence-electron chi connectivity index (χ4n) is 0.730. The van der Waals surface area contributed by atoms with Gasteiger partial charge in [-0.25, -0.2) is 4.79 Å². The van der Waals surface area contributed by atoms with E-state index in [1.807, 2.05) is 0 Å². The summed E-state index contributed by atoms with van der Waals surface area (Å²) in [6.07, 6.45) is -0.153. The van der Waals surface area contributed by atoms with Crippen LogP contribution in [-0.4, -0.2) is 40.3 Å². The van der Waals surface area contributed by atoms with Gasteiger partial charge < -0.3 is 18.5 Å². The average molecular weight is 226 g/mol. The molecule has 0 rings (SSSR count). The van der Waals surface area contributed by atoms with E-state index in [-0.39, 0.29) is 12.8 Å². The molecule has 0 spiro atoms. The normalized spacial score (nSPS) is 11.1. The number of hydrogen-bond acceptors (Lipinski definition) is 6. The molecule has 0 saturated carbocycles. The second-order valence-electron chi connectivity index (χ2n) is 2.36. The van der Waals surface area contributed by atoms with Crippen molar-refractivity contribution in [1.82, 2.24) is 0 Å². The third-order valence-electron chi connectivity index (χ3n) is 1.52. The minimum atomic E-state index is -2.98. The summed E-state index contributed by atoms with van der Waals surface area (Å²) >= 11 is 0. The number of carbonyl (C=O) groups is 1. The van der Waals surface area contributed by atoms with Crippen LogP contribution in [0.5, 0.6) is 0 Å². The first-order valence-corrected chi connectivity index (χ1v) is 5.72. The van der Waals surface area contributed by atoms with Crippen molar-refractivity contribution in [3.63, 3.8) is 0 Å². The first-order chi connectivity index (χ1) is 6.58. The van der Waals surface area contributed by atoms with E-state index in [4.69, 9.17) is 0 Å². The largest absolute Gasteiger partial charge is 0.507 e. The van der Waals surface area contributed by atoms with Crippen LogP contribution in [0.4, 0.5) is 4.79 Å². The van der Waals surface area contributed by atoms with Crippen LogP contribution in [0.25, 0.3) is 0 Å². The molecule has 6 nitrogen and oxygen atoms in total. The highest BCUT2D eigenvalue weighted by Crippen LogP contribution is 2.46. The molecule has 0 fully saturated rings. The maximum atomic E-state index is 11.4. The lowest BCUT2D eigenvalue weighted by atomic mass is 10.5. The van der Waals surface area contributed by atoms with Gasteiger partial charge in [0.25, 0.3) is 0 Å². The molecular weight excluding hydrogens is 211 g/mol. The second kappa shape index (κ2) is 6.81. The van der Waals surface area contributed by atoms with E-state index >= 15 is 0 Å². The Morgan fingerprint density at radius 1 is 1.21 bits per heavy atom. The summed E-state index contributed by atoms with van der Waals surface area (Å²) in [6, 6.07) is 0. The van der Waals surface area contributed by atoms with Crippen LogP contribution in [0.2, 0.25) is 0 Å². The van der Waals surface area contributed by atoms with E-state index in [0.29, 0.717) is 6.42 Å². The van der Waals surface area contributed by atoms with Crippen LogP contribution in [0.1, 0.15) is 6.42 Å². The number of methoxy groups -OCH3 is 1. The molecule has 0 aliphatic rings. The molecule has 0 heterocycles. The van der Waals surface area contributed by atoms with Gasteiger partial charge >= 0.3 is 13.8 Å². The van der Waals surface area contributed by atoms with E-state index in [1.165, 1.54) is 21.3 Å². The highest BCUT2D eigenvalue weighted by Gasteiger charge is 2.20. The van der Waals surface area contributed by atoms with Crippen LogP contribution in [-0.2, 0) is 23.1 Å². The number of carbonyl (C=O) groups excluding carboxylic acids is 1. The summed E-state index contributed by atoms with van der Waals surface area (Å²) in [7, 11) is 0.860. The van der Waals surface area contributed by atoms with Gasteiger partial charge in [-0.05, 0) is 6.42 Å². The van der Waals surface area contributed by atoms with Crippen molar-refractivity contribution in [2.24, 2.45) is 0 Å². The van der Waals surface area contributed by atoms with Gasteiger partial charge in [0.1, 0.15) is 0 Å². The zero-order valence-electron chi connectivity index (χ0n) is 8.52. The lowest BCUT2D eigenvalue weighted by Gasteiger charge is -2.12. The minimum Gasteiger partial charge on any atom is -0.438 e. The molecule has 0 bridgehead atoms. The fraction of sp³-hybridized carbons (Fsp3) is 0.857. The molecule has 0 aromatic carbocycles. The van der Waals surface area contributed by atoms with Crippen molar-refractivity contribution in [2.75, 3.05) is 34.1 Å². The summed E-state index contributed by atoms with van der Waals surface area (Å²) in [5.74, 6) is 0. The van der Waals surface area contributed by atoms with Crippen LogP contribution < -0.4 is 0 Å². The van der Waals surface area contributed by atoms with Crippen molar-refractivity contribution in [3.05, 3.63) is 0 Å². The highest BCUT2D eigenvalue weighted by molar-refractivity contribution is 7.53. The van der Waals surface area contributed by atoms with Gasteiger partial charge in [0.2, 0.25) is 0 Å². The van der Waals surface area contributed by atoms with Crippen molar-refractivity contribution in [2.45, 2.75) is 6.42 Å². The van der Waals surface area contributed by atoms with Gasteiger partial charge in [0, 0.05) is 14.2 Å². The van der Waals surface area contributed by atoms with Crippen molar-refractivity contribution >= 4 is 13.8 Å². The predicted molar refractivity (Wildman–Crippen MR) is 49.5 cm³/mol. The van der Waals surface area contributed by atoms with Gasteiger partial charge in [0.05, 0.1) is 19.9 Å². The quantitative estimate of drug-likeness (QED) is 0.389. The van der Waals surface area contributed by atoms with Gasteiger partial charge in [0.15, 0.2) is 0 Å². The van der Waals surface area contributed by atoms with E-state index < -0.39 is 13.8 Å². The summed E-state index contributed by atoms with van der Waals surface area (Å²) in [4.78, 5) is 10.5. The lowest BCUT2D eigenvalue weighted by Crippen LogP contribution is -2.07. The highest BCUT2D eigenvalue weighted by atomic mass is 31.2. The van der Waals surface area contributed by atoms with Crippen molar-refractivity contribution in [1.29, 1.82) is 0 Å².